The zero-order valence-electron chi connectivity index (χ0n) is 13.2. The van der Waals surface area contributed by atoms with E-state index in [0.29, 0.717) is 18.8 Å². The monoisotopic (exact) mass is 377 g/mol. The van der Waals surface area contributed by atoms with Crippen molar-refractivity contribution in [2.24, 2.45) is 0 Å². The number of methoxy groups -OCH3 is 1. The third kappa shape index (κ3) is 5.33. The van der Waals surface area contributed by atoms with Crippen molar-refractivity contribution in [3.63, 3.8) is 0 Å². The van der Waals surface area contributed by atoms with E-state index in [-0.39, 0.29) is 5.91 Å². The lowest BCUT2D eigenvalue weighted by atomic mass is 10.2. The summed E-state index contributed by atoms with van der Waals surface area (Å²) in [5.74, 6) is -0.184. The second-order valence-electron chi connectivity index (χ2n) is 5.12. The maximum Gasteiger partial charge on any atom is 0.269 e. The Kier molecular flexibility index (Phi) is 6.55. The first kappa shape index (κ1) is 17.4. The molecule has 0 saturated heterocycles. The van der Waals surface area contributed by atoms with E-state index in [4.69, 9.17) is 4.74 Å². The van der Waals surface area contributed by atoms with Gasteiger partial charge in [-0.15, -0.1) is 0 Å². The number of halogens is 1. The van der Waals surface area contributed by atoms with Crippen LogP contribution in [0.2, 0.25) is 0 Å². The van der Waals surface area contributed by atoms with Gasteiger partial charge in [-0.25, -0.2) is 0 Å². The molecule has 0 radical (unpaired) electrons. The maximum absolute atomic E-state index is 12.1. The predicted octanol–water partition coefficient (Wildman–Crippen LogP) is 3.66. The highest BCUT2D eigenvalue weighted by Crippen LogP contribution is 2.23. The van der Waals surface area contributed by atoms with Crippen LogP contribution in [0.5, 0.6) is 0 Å². The molecule has 23 heavy (non-hydrogen) atoms. The molecule has 1 aromatic heterocycles. The molecule has 0 unspecified atom stereocenters. The summed E-state index contributed by atoms with van der Waals surface area (Å²) in [5.41, 5.74) is 3.31. The number of hydrogen-bond donors (Lipinski definition) is 2. The van der Waals surface area contributed by atoms with Crippen LogP contribution in [0.25, 0.3) is 0 Å². The number of aromatic nitrogens is 1. The normalized spacial score (nSPS) is 10.4. The van der Waals surface area contributed by atoms with Gasteiger partial charge in [0.25, 0.3) is 5.91 Å². The van der Waals surface area contributed by atoms with E-state index in [1.165, 1.54) is 0 Å². The topological polar surface area (TPSA) is 63.2 Å². The summed E-state index contributed by atoms with van der Waals surface area (Å²) in [6.45, 7) is 3.22. The summed E-state index contributed by atoms with van der Waals surface area (Å²) >= 11 is 3.48. The molecule has 0 aliphatic rings. The zero-order valence-corrected chi connectivity index (χ0v) is 14.8. The van der Waals surface area contributed by atoms with E-state index in [9.17, 15) is 4.79 Å². The number of carbonyl (C=O) groups is 1. The van der Waals surface area contributed by atoms with Crippen molar-refractivity contribution in [2.75, 3.05) is 25.6 Å². The van der Waals surface area contributed by atoms with Crippen LogP contribution in [-0.4, -0.2) is 31.2 Å². The van der Waals surface area contributed by atoms with Crippen molar-refractivity contribution < 1.29 is 9.53 Å². The zero-order chi connectivity index (χ0) is 16.7. The summed E-state index contributed by atoms with van der Waals surface area (Å²) in [4.78, 5) is 16.2. The summed E-state index contributed by atoms with van der Waals surface area (Å²) in [6.07, 6.45) is 2.40. The van der Waals surface area contributed by atoms with Gasteiger partial charge >= 0.3 is 0 Å². The quantitative estimate of drug-likeness (QED) is 0.722. The minimum atomic E-state index is -0.184. The Balaban J connectivity index is 2.01. The largest absolute Gasteiger partial charge is 0.385 e. The first-order chi connectivity index (χ1) is 11.1. The second-order valence-corrected chi connectivity index (χ2v) is 5.98. The van der Waals surface area contributed by atoms with Crippen LogP contribution in [0.15, 0.2) is 41.0 Å². The fraction of sp³-hybridized carbons (Fsp3) is 0.294. The van der Waals surface area contributed by atoms with Gasteiger partial charge in [0.1, 0.15) is 5.69 Å². The van der Waals surface area contributed by atoms with Gasteiger partial charge < -0.3 is 15.4 Å². The van der Waals surface area contributed by atoms with Gasteiger partial charge in [0, 0.05) is 42.3 Å². The van der Waals surface area contributed by atoms with Crippen molar-refractivity contribution in [2.45, 2.75) is 13.3 Å². The second kappa shape index (κ2) is 8.64. The highest BCUT2D eigenvalue weighted by Gasteiger charge is 2.07. The molecule has 0 spiro atoms. The number of rotatable bonds is 7. The number of anilines is 2. The average molecular weight is 378 g/mol. The Morgan fingerprint density at radius 2 is 2.04 bits per heavy atom. The number of benzene rings is 1. The SMILES string of the molecule is COCCCNC(=O)c1cc(Nc2ccc(Br)c(C)c2)ccn1. The van der Waals surface area contributed by atoms with Gasteiger partial charge in [-0.1, -0.05) is 15.9 Å². The van der Waals surface area contributed by atoms with Crippen molar-refractivity contribution in [1.29, 1.82) is 0 Å². The summed E-state index contributed by atoms with van der Waals surface area (Å²) in [7, 11) is 1.64. The van der Waals surface area contributed by atoms with Crippen LogP contribution in [0.3, 0.4) is 0 Å². The van der Waals surface area contributed by atoms with E-state index >= 15 is 0 Å². The molecule has 0 aliphatic heterocycles. The van der Waals surface area contributed by atoms with Crippen LogP contribution >= 0.6 is 15.9 Å². The van der Waals surface area contributed by atoms with Crippen LogP contribution in [0.1, 0.15) is 22.5 Å². The molecule has 5 nitrogen and oxygen atoms in total. The summed E-state index contributed by atoms with van der Waals surface area (Å²) < 4.78 is 6.02. The van der Waals surface area contributed by atoms with Crippen LogP contribution < -0.4 is 10.6 Å². The van der Waals surface area contributed by atoms with Gasteiger partial charge in [0.05, 0.1) is 0 Å². The average Bonchev–Trinajstić information content (AvgIpc) is 2.55. The van der Waals surface area contributed by atoms with Gasteiger partial charge in [-0.2, -0.15) is 0 Å². The van der Waals surface area contributed by atoms with Gasteiger partial charge in [-0.05, 0) is 49.2 Å². The number of carbonyl (C=O) groups excluding carboxylic acids is 1. The number of aryl methyl sites for hydroxylation is 1. The molecule has 2 rings (SSSR count). The lowest BCUT2D eigenvalue weighted by Crippen LogP contribution is -2.26. The highest BCUT2D eigenvalue weighted by atomic mass is 79.9. The molecule has 0 aliphatic carbocycles. The number of hydrogen-bond acceptors (Lipinski definition) is 4. The number of amides is 1. The molecule has 0 bridgehead atoms. The van der Waals surface area contributed by atoms with Crippen LogP contribution in [-0.2, 0) is 4.74 Å². The van der Waals surface area contributed by atoms with Crippen molar-refractivity contribution in [1.82, 2.24) is 10.3 Å². The van der Waals surface area contributed by atoms with Crippen molar-refractivity contribution >= 4 is 33.2 Å². The molecule has 6 heteroatoms. The fourth-order valence-electron chi connectivity index (χ4n) is 2.03. The molecule has 2 aromatic rings. The fourth-order valence-corrected chi connectivity index (χ4v) is 2.28. The van der Waals surface area contributed by atoms with E-state index in [2.05, 4.69) is 31.5 Å². The minimum Gasteiger partial charge on any atom is -0.385 e. The molecule has 1 heterocycles. The maximum atomic E-state index is 12.1. The Labute approximate surface area is 144 Å². The summed E-state index contributed by atoms with van der Waals surface area (Å²) in [5, 5.41) is 6.11. The molecule has 1 amide bonds. The van der Waals surface area contributed by atoms with Gasteiger partial charge in [0.15, 0.2) is 0 Å². The first-order valence-corrected chi connectivity index (χ1v) is 8.16. The highest BCUT2D eigenvalue weighted by molar-refractivity contribution is 9.10. The molecule has 122 valence electrons. The van der Waals surface area contributed by atoms with Crippen LogP contribution in [0.4, 0.5) is 11.4 Å². The standard InChI is InChI=1S/C17H20BrN3O2/c1-12-10-13(4-5-15(12)18)21-14-6-8-19-16(11-14)17(22)20-7-3-9-23-2/h4-6,8,10-11H,3,7,9H2,1-2H3,(H,19,21)(H,20,22). The number of nitrogens with zero attached hydrogens (tertiary/aromatic N) is 1. The molecule has 0 saturated carbocycles. The number of pyridine rings is 1. The van der Waals surface area contributed by atoms with E-state index in [1.54, 1.807) is 19.4 Å². The van der Waals surface area contributed by atoms with Crippen molar-refractivity contribution in [3.05, 3.63) is 52.3 Å². The third-order valence-electron chi connectivity index (χ3n) is 3.25. The van der Waals surface area contributed by atoms with Crippen molar-refractivity contribution in [3.8, 4) is 0 Å². The predicted molar refractivity (Wildman–Crippen MR) is 95.2 cm³/mol. The molecule has 0 atom stereocenters. The molecule has 0 fully saturated rings. The molecular formula is C17H20BrN3O2. The Morgan fingerprint density at radius 3 is 2.78 bits per heavy atom. The van der Waals surface area contributed by atoms with Crippen LogP contribution in [0, 0.1) is 6.92 Å². The van der Waals surface area contributed by atoms with E-state index in [0.717, 1.165) is 27.8 Å². The number of nitrogens with one attached hydrogen (secondary N) is 2. The Morgan fingerprint density at radius 1 is 1.26 bits per heavy atom. The first-order valence-electron chi connectivity index (χ1n) is 7.36. The lowest BCUT2D eigenvalue weighted by molar-refractivity contribution is 0.0943. The summed E-state index contributed by atoms with van der Waals surface area (Å²) in [6, 6.07) is 9.57. The smallest absolute Gasteiger partial charge is 0.269 e. The Hall–Kier alpha value is -1.92. The van der Waals surface area contributed by atoms with Gasteiger partial charge in [0.2, 0.25) is 0 Å². The third-order valence-corrected chi connectivity index (χ3v) is 4.14. The molecular weight excluding hydrogens is 358 g/mol. The van der Waals surface area contributed by atoms with E-state index in [1.807, 2.05) is 31.2 Å². The van der Waals surface area contributed by atoms with E-state index < -0.39 is 0 Å². The Bertz CT molecular complexity index is 677. The minimum absolute atomic E-state index is 0.184. The molecule has 1 aromatic carbocycles. The van der Waals surface area contributed by atoms with Gasteiger partial charge in [-0.3, -0.25) is 9.78 Å². The molecule has 2 N–H and O–H groups in total. The number of ether oxygens (including phenoxy) is 1. The lowest BCUT2D eigenvalue weighted by Gasteiger charge is -2.10.